The Morgan fingerprint density at radius 1 is 0.889 bits per heavy atom. The van der Waals surface area contributed by atoms with Crippen LogP contribution in [0.1, 0.15) is 103 Å². The van der Waals surface area contributed by atoms with Gasteiger partial charge in [0, 0.05) is 32.2 Å². The van der Waals surface area contributed by atoms with Gasteiger partial charge in [0.2, 0.25) is 11.8 Å². The van der Waals surface area contributed by atoms with E-state index in [1.807, 2.05) is 0 Å². The molecular formula is C28H48N2O5S. The molecule has 4 aliphatic carbocycles. The first-order valence-electron chi connectivity index (χ1n) is 14.6. The van der Waals surface area contributed by atoms with Gasteiger partial charge in [-0.2, -0.15) is 0 Å². The van der Waals surface area contributed by atoms with Crippen molar-refractivity contribution in [2.24, 2.45) is 17.8 Å². The third-order valence-corrected chi connectivity index (χ3v) is 11.8. The predicted molar refractivity (Wildman–Crippen MR) is 141 cm³/mol. The van der Waals surface area contributed by atoms with Crippen LogP contribution in [-0.2, 0) is 24.2 Å². The summed E-state index contributed by atoms with van der Waals surface area (Å²) in [6.45, 7) is 2.83. The summed E-state index contributed by atoms with van der Waals surface area (Å²) in [6, 6.07) is 0.400. The number of nitrogens with zero attached hydrogens (tertiary/aromatic N) is 1. The van der Waals surface area contributed by atoms with Crippen molar-refractivity contribution in [1.82, 2.24) is 10.2 Å². The number of nitrogens with one attached hydrogen (secondary N) is 1. The fourth-order valence-corrected chi connectivity index (χ4v) is 9.25. The maximum absolute atomic E-state index is 13.5. The summed E-state index contributed by atoms with van der Waals surface area (Å²) >= 11 is 0. The van der Waals surface area contributed by atoms with E-state index < -0.39 is 9.84 Å². The molecule has 0 aromatic heterocycles. The number of hydrogen-bond donors (Lipinski definition) is 1. The van der Waals surface area contributed by atoms with Gasteiger partial charge in [0.25, 0.3) is 0 Å². The smallest absolute Gasteiger partial charge is 0.228 e. The van der Waals surface area contributed by atoms with E-state index in [-0.39, 0.29) is 41.0 Å². The lowest BCUT2D eigenvalue weighted by Gasteiger charge is -2.40. The Balaban J connectivity index is 1.22. The van der Waals surface area contributed by atoms with Crippen molar-refractivity contribution in [3.05, 3.63) is 0 Å². The Morgan fingerprint density at radius 2 is 1.56 bits per heavy atom. The lowest BCUT2D eigenvalue weighted by atomic mass is 9.81. The summed E-state index contributed by atoms with van der Waals surface area (Å²) in [7, 11) is -1.29. The van der Waals surface area contributed by atoms with Gasteiger partial charge in [-0.15, -0.1) is 0 Å². The third kappa shape index (κ3) is 7.24. The molecule has 0 heterocycles. The number of amides is 2. The van der Waals surface area contributed by atoms with Gasteiger partial charge in [0.1, 0.15) is 0 Å². The minimum absolute atomic E-state index is 0.0338. The quantitative estimate of drug-likeness (QED) is 0.461. The molecule has 0 saturated heterocycles. The van der Waals surface area contributed by atoms with Crippen LogP contribution in [0.15, 0.2) is 0 Å². The van der Waals surface area contributed by atoms with Crippen molar-refractivity contribution in [2.45, 2.75) is 127 Å². The van der Waals surface area contributed by atoms with Crippen LogP contribution in [0.2, 0.25) is 0 Å². The van der Waals surface area contributed by atoms with E-state index >= 15 is 0 Å². The normalized spacial score (nSPS) is 32.1. The number of carbonyl (C=O) groups excluding carboxylic acids is 2. The SMILES string of the molecule is CCN(C(=O)C1CCC(NC(=O)CC2CCC(S(=O)(=O)CC3CC3)CC2)CC1OC)C1CCCCC1. The molecule has 4 saturated carbocycles. The maximum atomic E-state index is 13.5. The molecule has 1 N–H and O–H groups in total. The van der Waals surface area contributed by atoms with Gasteiger partial charge < -0.3 is 15.0 Å². The van der Waals surface area contributed by atoms with Crippen LogP contribution in [0.4, 0.5) is 0 Å². The Hall–Kier alpha value is -1.15. The second kappa shape index (κ2) is 12.6. The summed E-state index contributed by atoms with van der Waals surface area (Å²) < 4.78 is 31.0. The highest BCUT2D eigenvalue weighted by Crippen LogP contribution is 2.36. The third-order valence-electron chi connectivity index (χ3n) is 9.36. The monoisotopic (exact) mass is 524 g/mol. The molecule has 0 aliphatic heterocycles. The zero-order chi connectivity index (χ0) is 25.7. The zero-order valence-electron chi connectivity index (χ0n) is 22.5. The minimum atomic E-state index is -2.98. The number of carbonyl (C=O) groups is 2. The highest BCUT2D eigenvalue weighted by atomic mass is 32.2. The Kier molecular flexibility index (Phi) is 9.75. The molecule has 3 atom stereocenters. The molecule has 0 aromatic rings. The average Bonchev–Trinajstić information content (AvgIpc) is 3.68. The largest absolute Gasteiger partial charge is 0.381 e. The summed E-state index contributed by atoms with van der Waals surface area (Å²) in [4.78, 5) is 28.4. The van der Waals surface area contributed by atoms with E-state index in [1.54, 1.807) is 7.11 Å². The number of ether oxygens (including phenoxy) is 1. The second-order valence-electron chi connectivity index (χ2n) is 12.0. The van der Waals surface area contributed by atoms with Gasteiger partial charge in [0.05, 0.1) is 23.0 Å². The first-order chi connectivity index (χ1) is 17.3. The van der Waals surface area contributed by atoms with Crippen LogP contribution < -0.4 is 5.32 Å². The molecule has 0 bridgehead atoms. The second-order valence-corrected chi connectivity index (χ2v) is 14.3. The number of methoxy groups -OCH3 is 1. The minimum Gasteiger partial charge on any atom is -0.381 e. The van der Waals surface area contributed by atoms with Gasteiger partial charge in [-0.25, -0.2) is 8.42 Å². The van der Waals surface area contributed by atoms with Gasteiger partial charge >= 0.3 is 0 Å². The highest BCUT2D eigenvalue weighted by molar-refractivity contribution is 7.92. The van der Waals surface area contributed by atoms with Crippen molar-refractivity contribution in [1.29, 1.82) is 0 Å². The van der Waals surface area contributed by atoms with Crippen molar-refractivity contribution in [2.75, 3.05) is 19.4 Å². The first kappa shape index (κ1) is 27.9. The first-order valence-corrected chi connectivity index (χ1v) is 16.4. The predicted octanol–water partition coefficient (Wildman–Crippen LogP) is 4.24. The molecule has 7 nitrogen and oxygen atoms in total. The van der Waals surface area contributed by atoms with Crippen LogP contribution in [0.5, 0.6) is 0 Å². The van der Waals surface area contributed by atoms with E-state index in [9.17, 15) is 18.0 Å². The Morgan fingerprint density at radius 3 is 2.17 bits per heavy atom. The molecule has 4 fully saturated rings. The van der Waals surface area contributed by atoms with Crippen molar-refractivity contribution < 1.29 is 22.7 Å². The van der Waals surface area contributed by atoms with Crippen LogP contribution in [0, 0.1) is 17.8 Å². The summed E-state index contributed by atoms with van der Waals surface area (Å²) in [5, 5.41) is 3.01. The van der Waals surface area contributed by atoms with Crippen molar-refractivity contribution >= 4 is 21.7 Å². The van der Waals surface area contributed by atoms with Gasteiger partial charge in [-0.1, -0.05) is 19.3 Å². The maximum Gasteiger partial charge on any atom is 0.228 e. The molecule has 8 heteroatoms. The molecule has 206 valence electrons. The van der Waals surface area contributed by atoms with Gasteiger partial charge in [-0.3, -0.25) is 9.59 Å². The standard InChI is InChI=1S/C28H48N2O5S/c1-3-30(23-7-5-4-6-8-23)28(32)25-16-13-22(18-26(25)35-2)29-27(31)17-20-11-14-24(15-12-20)36(33,34)19-21-9-10-21/h20-26H,3-19H2,1-2H3,(H,29,31). The molecular weight excluding hydrogens is 476 g/mol. The van der Waals surface area contributed by atoms with Crippen LogP contribution in [-0.4, -0.2) is 68.0 Å². The zero-order valence-corrected chi connectivity index (χ0v) is 23.3. The summed E-state index contributed by atoms with van der Waals surface area (Å²) in [5.41, 5.74) is 0. The topological polar surface area (TPSA) is 92.8 Å². The molecule has 3 unspecified atom stereocenters. The summed E-state index contributed by atoms with van der Waals surface area (Å²) in [6.07, 6.45) is 13.6. The Labute approximate surface area is 218 Å². The van der Waals surface area contributed by atoms with Gasteiger partial charge in [0.15, 0.2) is 9.84 Å². The average molecular weight is 525 g/mol. The fourth-order valence-electron chi connectivity index (χ4n) is 7.00. The molecule has 0 radical (unpaired) electrons. The van der Waals surface area contributed by atoms with Crippen LogP contribution in [0.3, 0.4) is 0 Å². The van der Waals surface area contributed by atoms with E-state index in [0.717, 1.165) is 57.9 Å². The van der Waals surface area contributed by atoms with E-state index in [0.29, 0.717) is 43.4 Å². The lowest BCUT2D eigenvalue weighted by molar-refractivity contribution is -0.145. The van der Waals surface area contributed by atoms with Crippen LogP contribution >= 0.6 is 0 Å². The molecule has 4 rings (SSSR count). The van der Waals surface area contributed by atoms with E-state index in [4.69, 9.17) is 4.74 Å². The molecule has 0 aromatic carbocycles. The molecule has 36 heavy (non-hydrogen) atoms. The Bertz CT molecular complexity index is 844. The number of rotatable bonds is 10. The highest BCUT2D eigenvalue weighted by Gasteiger charge is 2.40. The summed E-state index contributed by atoms with van der Waals surface area (Å²) in [5.74, 6) is 1.19. The van der Waals surface area contributed by atoms with Crippen molar-refractivity contribution in [3.63, 3.8) is 0 Å². The van der Waals surface area contributed by atoms with E-state index in [2.05, 4.69) is 17.1 Å². The molecule has 0 spiro atoms. The number of hydrogen-bond acceptors (Lipinski definition) is 5. The fraction of sp³-hybridized carbons (Fsp3) is 0.929. The van der Waals surface area contributed by atoms with Crippen LogP contribution in [0.25, 0.3) is 0 Å². The van der Waals surface area contributed by atoms with Gasteiger partial charge in [-0.05, 0) is 89.4 Å². The molecule has 2 amide bonds. The lowest BCUT2D eigenvalue weighted by Crippen LogP contribution is -2.51. The molecule has 4 aliphatic rings. The number of sulfone groups is 1. The van der Waals surface area contributed by atoms with Crippen molar-refractivity contribution in [3.8, 4) is 0 Å². The van der Waals surface area contributed by atoms with E-state index in [1.165, 1.54) is 19.3 Å².